The summed E-state index contributed by atoms with van der Waals surface area (Å²) in [6.07, 6.45) is 0.480. The SMILES string of the molecule is CC[C@H](C(=O)NC(C)(C)C)N(Cc1ccc(Cl)cc1Cl)C(=O)CSCc1ccccc1Cl. The first-order valence-corrected chi connectivity index (χ1v) is 12.7. The lowest BCUT2D eigenvalue weighted by molar-refractivity contribution is -0.140. The molecule has 0 heterocycles. The summed E-state index contributed by atoms with van der Waals surface area (Å²) in [7, 11) is 0. The van der Waals surface area contributed by atoms with Crippen molar-refractivity contribution >= 4 is 58.4 Å². The Kier molecular flexibility index (Phi) is 10.2. The minimum atomic E-state index is -0.616. The molecule has 0 bridgehead atoms. The molecule has 4 nitrogen and oxygen atoms in total. The third kappa shape index (κ3) is 8.18. The summed E-state index contributed by atoms with van der Waals surface area (Å²) in [4.78, 5) is 27.9. The Morgan fingerprint density at radius 1 is 1.03 bits per heavy atom. The lowest BCUT2D eigenvalue weighted by Crippen LogP contribution is -2.53. The number of rotatable bonds is 9. The van der Waals surface area contributed by atoms with Crippen molar-refractivity contribution in [2.45, 2.75) is 58.0 Å². The summed E-state index contributed by atoms with van der Waals surface area (Å²) in [5.41, 5.74) is 1.30. The fraction of sp³-hybridized carbons (Fsp3) is 0.417. The van der Waals surface area contributed by atoms with E-state index in [2.05, 4.69) is 5.32 Å². The molecule has 2 rings (SSSR count). The van der Waals surface area contributed by atoms with Crippen LogP contribution in [0.2, 0.25) is 15.1 Å². The molecular weight excluding hydrogens is 487 g/mol. The lowest BCUT2D eigenvalue weighted by atomic mass is 10.1. The highest BCUT2D eigenvalue weighted by Crippen LogP contribution is 2.25. The van der Waals surface area contributed by atoms with Crippen LogP contribution in [0.3, 0.4) is 0 Å². The van der Waals surface area contributed by atoms with E-state index in [1.165, 1.54) is 11.8 Å². The van der Waals surface area contributed by atoms with Crippen molar-refractivity contribution in [3.05, 3.63) is 68.7 Å². The van der Waals surface area contributed by atoms with Crippen molar-refractivity contribution in [1.82, 2.24) is 10.2 Å². The summed E-state index contributed by atoms with van der Waals surface area (Å²) >= 11 is 20.1. The maximum Gasteiger partial charge on any atom is 0.243 e. The van der Waals surface area contributed by atoms with E-state index in [9.17, 15) is 9.59 Å². The van der Waals surface area contributed by atoms with Crippen LogP contribution in [0.15, 0.2) is 42.5 Å². The van der Waals surface area contributed by atoms with Crippen LogP contribution in [0.4, 0.5) is 0 Å². The van der Waals surface area contributed by atoms with Gasteiger partial charge >= 0.3 is 0 Å². The fourth-order valence-electron chi connectivity index (χ4n) is 3.15. The van der Waals surface area contributed by atoms with Gasteiger partial charge in [-0.15, -0.1) is 11.8 Å². The van der Waals surface area contributed by atoms with Crippen molar-refractivity contribution < 1.29 is 9.59 Å². The van der Waals surface area contributed by atoms with Crippen molar-refractivity contribution in [3.63, 3.8) is 0 Å². The van der Waals surface area contributed by atoms with Crippen LogP contribution in [0.1, 0.15) is 45.2 Å². The molecule has 0 radical (unpaired) electrons. The largest absolute Gasteiger partial charge is 0.350 e. The van der Waals surface area contributed by atoms with E-state index in [0.717, 1.165) is 11.1 Å². The van der Waals surface area contributed by atoms with Gasteiger partial charge in [0.15, 0.2) is 0 Å². The molecule has 2 aromatic rings. The Labute approximate surface area is 210 Å². The van der Waals surface area contributed by atoms with E-state index in [-0.39, 0.29) is 24.1 Å². The van der Waals surface area contributed by atoms with Gasteiger partial charge in [0.05, 0.1) is 5.75 Å². The third-order valence-electron chi connectivity index (χ3n) is 4.68. The standard InChI is InChI=1S/C24H29Cl3N2O2S/c1-5-21(23(31)28-24(2,3)4)29(13-16-10-11-18(25)12-20(16)27)22(30)15-32-14-17-8-6-7-9-19(17)26/h6-12,21H,5,13-15H2,1-4H3,(H,28,31)/t21-/m1/s1. The van der Waals surface area contributed by atoms with Gasteiger partial charge in [-0.05, 0) is 56.5 Å². The molecule has 0 fully saturated rings. The Morgan fingerprint density at radius 3 is 2.31 bits per heavy atom. The van der Waals surface area contributed by atoms with Crippen LogP contribution >= 0.6 is 46.6 Å². The van der Waals surface area contributed by atoms with Crippen LogP contribution in [0.25, 0.3) is 0 Å². The Bertz CT molecular complexity index is 947. The number of nitrogens with zero attached hydrogens (tertiary/aromatic N) is 1. The van der Waals surface area contributed by atoms with Gasteiger partial charge in [-0.25, -0.2) is 0 Å². The van der Waals surface area contributed by atoms with E-state index < -0.39 is 11.6 Å². The summed E-state index contributed by atoms with van der Waals surface area (Å²) < 4.78 is 0. The lowest BCUT2D eigenvalue weighted by Gasteiger charge is -2.33. The molecule has 0 saturated carbocycles. The highest BCUT2D eigenvalue weighted by Gasteiger charge is 2.31. The molecule has 1 N–H and O–H groups in total. The molecule has 2 amide bonds. The zero-order chi connectivity index (χ0) is 23.9. The molecule has 8 heteroatoms. The maximum atomic E-state index is 13.3. The molecule has 1 atom stereocenters. The average Bonchev–Trinajstić information content (AvgIpc) is 2.69. The Morgan fingerprint density at radius 2 is 1.72 bits per heavy atom. The Balaban J connectivity index is 2.22. The number of hydrogen-bond donors (Lipinski definition) is 1. The van der Waals surface area contributed by atoms with Crippen LogP contribution in [0.5, 0.6) is 0 Å². The van der Waals surface area contributed by atoms with Crippen LogP contribution in [0, 0.1) is 0 Å². The highest BCUT2D eigenvalue weighted by atomic mass is 35.5. The topological polar surface area (TPSA) is 49.4 Å². The number of halogens is 3. The van der Waals surface area contributed by atoms with Crippen molar-refractivity contribution in [2.75, 3.05) is 5.75 Å². The number of nitrogens with one attached hydrogen (secondary N) is 1. The first kappa shape index (κ1) is 26.8. The molecular formula is C24H29Cl3N2O2S. The smallest absolute Gasteiger partial charge is 0.243 e. The van der Waals surface area contributed by atoms with Gasteiger partial charge in [-0.2, -0.15) is 0 Å². The van der Waals surface area contributed by atoms with E-state index >= 15 is 0 Å². The molecule has 32 heavy (non-hydrogen) atoms. The van der Waals surface area contributed by atoms with Gasteiger partial charge in [0.2, 0.25) is 11.8 Å². The maximum absolute atomic E-state index is 13.3. The molecule has 0 unspecified atom stereocenters. The Hall–Kier alpha value is -1.40. The van der Waals surface area contributed by atoms with Gasteiger partial charge in [-0.3, -0.25) is 9.59 Å². The normalized spacial score (nSPS) is 12.3. The zero-order valence-corrected chi connectivity index (χ0v) is 21.8. The van der Waals surface area contributed by atoms with E-state index in [1.54, 1.807) is 23.1 Å². The van der Waals surface area contributed by atoms with Gasteiger partial charge < -0.3 is 10.2 Å². The number of carbonyl (C=O) groups excluding carboxylic acids is 2. The average molecular weight is 516 g/mol. The number of benzene rings is 2. The zero-order valence-electron chi connectivity index (χ0n) is 18.8. The first-order valence-electron chi connectivity index (χ1n) is 10.4. The summed E-state index contributed by atoms with van der Waals surface area (Å²) in [5, 5.41) is 4.65. The molecule has 0 aromatic heterocycles. The highest BCUT2D eigenvalue weighted by molar-refractivity contribution is 7.99. The predicted molar refractivity (Wildman–Crippen MR) is 137 cm³/mol. The summed E-state index contributed by atoms with van der Waals surface area (Å²) in [6.45, 7) is 7.86. The van der Waals surface area contributed by atoms with E-state index in [0.29, 0.717) is 27.2 Å². The van der Waals surface area contributed by atoms with Gasteiger partial charge in [0.1, 0.15) is 6.04 Å². The van der Waals surface area contributed by atoms with Gasteiger partial charge in [0.25, 0.3) is 0 Å². The number of thioether (sulfide) groups is 1. The van der Waals surface area contributed by atoms with Crippen molar-refractivity contribution in [1.29, 1.82) is 0 Å². The van der Waals surface area contributed by atoms with Gasteiger partial charge in [-0.1, -0.05) is 66.0 Å². The first-order chi connectivity index (χ1) is 15.0. The summed E-state index contributed by atoms with van der Waals surface area (Å²) in [5.74, 6) is 0.500. The number of amides is 2. The fourth-order valence-corrected chi connectivity index (χ4v) is 4.82. The third-order valence-corrected chi connectivity index (χ3v) is 6.60. The molecule has 2 aromatic carbocycles. The van der Waals surface area contributed by atoms with Crippen molar-refractivity contribution in [2.24, 2.45) is 0 Å². The van der Waals surface area contributed by atoms with Crippen LogP contribution in [-0.2, 0) is 21.9 Å². The minimum absolute atomic E-state index is 0.135. The minimum Gasteiger partial charge on any atom is -0.350 e. The molecule has 0 aliphatic carbocycles. The second-order valence-corrected chi connectivity index (χ2v) is 10.7. The molecule has 174 valence electrons. The van der Waals surface area contributed by atoms with E-state index in [1.807, 2.05) is 52.0 Å². The molecule has 0 saturated heterocycles. The molecule has 0 aliphatic rings. The van der Waals surface area contributed by atoms with Crippen molar-refractivity contribution in [3.8, 4) is 0 Å². The second-order valence-electron chi connectivity index (χ2n) is 8.50. The summed E-state index contributed by atoms with van der Waals surface area (Å²) in [6, 6.07) is 12.1. The van der Waals surface area contributed by atoms with Gasteiger partial charge in [0, 0.05) is 32.9 Å². The van der Waals surface area contributed by atoms with Crippen LogP contribution < -0.4 is 5.32 Å². The molecule has 0 aliphatic heterocycles. The van der Waals surface area contributed by atoms with Crippen LogP contribution in [-0.4, -0.2) is 34.0 Å². The predicted octanol–water partition coefficient (Wildman–Crippen LogP) is 6.60. The number of hydrogen-bond acceptors (Lipinski definition) is 3. The monoisotopic (exact) mass is 514 g/mol. The molecule has 0 spiro atoms. The quantitative estimate of drug-likeness (QED) is 0.409. The second kappa shape index (κ2) is 12.2. The van der Waals surface area contributed by atoms with E-state index in [4.69, 9.17) is 34.8 Å². The number of carbonyl (C=O) groups is 2.